The van der Waals surface area contributed by atoms with E-state index in [0.29, 0.717) is 23.9 Å². The number of carbonyl (C=O) groups excluding carboxylic acids is 2. The molecule has 0 heterocycles. The van der Waals surface area contributed by atoms with Crippen molar-refractivity contribution >= 4 is 17.9 Å². The molecule has 552 valence electrons. The van der Waals surface area contributed by atoms with E-state index in [0.717, 1.165) is 128 Å². The van der Waals surface area contributed by atoms with E-state index in [9.17, 15) is 19.5 Å². The van der Waals surface area contributed by atoms with Crippen LogP contribution in [0.2, 0.25) is 0 Å². The topological polar surface area (TPSA) is 108 Å². The van der Waals surface area contributed by atoms with Crippen LogP contribution in [0, 0.1) is 0 Å². The standard InChI is InChI=1S/C88H147NO8/c1-6-8-10-12-14-16-18-20-22-24-26-28-30-32-34-36-38-40-42-43-45-46-48-50-52-54-56-58-60-62-64-66-68-70-72-74-76-78-85(90)95-82-84(83-96-88(87(92)93)94-81-80-89(3,4)5)97-86(91)79-77-75-73-71-69-67-65-63-61-59-57-55-53-51-49-47-44-41-39-37-35-33-31-29-27-25-23-21-19-17-15-13-11-9-7-2/h8-11,14-17,20-23,26-29,33,35,39,41,47,49,53,55,59,61,84,88H,6-7,12-13,18-19,24-25,30-32,34,36-38,40,42-46,48,50-52,54,56-58,60,62-83H2,1-5H3/p+1/b10-8-,11-9-,16-14-,17-15-,22-20-,23-21-,28-26-,29-27-,35-33-,41-39-,49-47-,55-53-,61-59-. The average Bonchev–Trinajstić information content (AvgIpc) is 3.74. The molecular formula is C88H148NO8+. The van der Waals surface area contributed by atoms with Crippen LogP contribution < -0.4 is 0 Å². The van der Waals surface area contributed by atoms with Gasteiger partial charge in [0.15, 0.2) is 6.10 Å². The van der Waals surface area contributed by atoms with Crippen molar-refractivity contribution in [3.05, 3.63) is 158 Å². The molecule has 0 spiro atoms. The summed E-state index contributed by atoms with van der Waals surface area (Å²) in [7, 11) is 5.97. The van der Waals surface area contributed by atoms with E-state index in [1.165, 1.54) is 161 Å². The largest absolute Gasteiger partial charge is 0.477 e. The minimum Gasteiger partial charge on any atom is -0.477 e. The number of esters is 2. The zero-order chi connectivity index (χ0) is 70.4. The molecule has 0 bridgehead atoms. The van der Waals surface area contributed by atoms with Crippen molar-refractivity contribution < 1.29 is 42.9 Å². The highest BCUT2D eigenvalue weighted by Gasteiger charge is 2.25. The van der Waals surface area contributed by atoms with Crippen molar-refractivity contribution in [2.45, 2.75) is 334 Å². The van der Waals surface area contributed by atoms with Gasteiger partial charge in [-0.25, -0.2) is 4.79 Å². The van der Waals surface area contributed by atoms with Crippen molar-refractivity contribution in [2.24, 2.45) is 0 Å². The maximum Gasteiger partial charge on any atom is 0.361 e. The quantitative estimate of drug-likeness (QED) is 0.0211. The number of quaternary nitrogens is 1. The molecule has 0 aromatic heterocycles. The molecule has 9 nitrogen and oxygen atoms in total. The van der Waals surface area contributed by atoms with E-state index in [1.54, 1.807) is 0 Å². The smallest absolute Gasteiger partial charge is 0.361 e. The first-order valence-electron chi connectivity index (χ1n) is 39.6. The second-order valence-electron chi connectivity index (χ2n) is 27.3. The van der Waals surface area contributed by atoms with Crippen LogP contribution in [0.3, 0.4) is 0 Å². The predicted octanol–water partition coefficient (Wildman–Crippen LogP) is 25.6. The summed E-state index contributed by atoms with van der Waals surface area (Å²) >= 11 is 0. The van der Waals surface area contributed by atoms with Crippen molar-refractivity contribution in [2.75, 3.05) is 47.5 Å². The minimum atomic E-state index is -1.52. The summed E-state index contributed by atoms with van der Waals surface area (Å²) in [5.74, 6) is -2.02. The fourth-order valence-electron chi connectivity index (χ4n) is 10.8. The van der Waals surface area contributed by atoms with Gasteiger partial charge in [0.1, 0.15) is 13.2 Å². The van der Waals surface area contributed by atoms with Gasteiger partial charge in [-0.2, -0.15) is 0 Å². The van der Waals surface area contributed by atoms with Gasteiger partial charge in [-0.3, -0.25) is 9.59 Å². The monoisotopic (exact) mass is 1350 g/mol. The molecular weight excluding hydrogens is 1200 g/mol. The number of carboxylic acid groups (broad SMARTS) is 1. The van der Waals surface area contributed by atoms with Gasteiger partial charge < -0.3 is 28.5 Å². The Balaban J connectivity index is 4.08. The number of unbranched alkanes of at least 4 members (excludes halogenated alkanes) is 31. The molecule has 0 saturated carbocycles. The highest BCUT2D eigenvalue weighted by atomic mass is 16.7. The average molecular weight is 1350 g/mol. The van der Waals surface area contributed by atoms with E-state index >= 15 is 0 Å². The molecule has 0 aliphatic heterocycles. The van der Waals surface area contributed by atoms with Gasteiger partial charge in [-0.05, 0) is 122 Å². The van der Waals surface area contributed by atoms with Crippen LogP contribution in [-0.2, 0) is 33.3 Å². The summed E-state index contributed by atoms with van der Waals surface area (Å²) in [5, 5.41) is 9.77. The number of carboxylic acids is 1. The molecule has 9 heteroatoms. The van der Waals surface area contributed by atoms with Crippen LogP contribution >= 0.6 is 0 Å². The maximum absolute atomic E-state index is 13.0. The van der Waals surface area contributed by atoms with E-state index in [-0.39, 0.29) is 32.2 Å². The summed E-state index contributed by atoms with van der Waals surface area (Å²) in [5.41, 5.74) is 0. The Morgan fingerprint density at radius 3 is 0.825 bits per heavy atom. The molecule has 0 amide bonds. The molecule has 97 heavy (non-hydrogen) atoms. The number of carbonyl (C=O) groups is 3. The summed E-state index contributed by atoms with van der Waals surface area (Å²) in [6.07, 6.45) is 111. The van der Waals surface area contributed by atoms with Crippen LogP contribution in [0.5, 0.6) is 0 Å². The molecule has 0 radical (unpaired) electrons. The van der Waals surface area contributed by atoms with Crippen molar-refractivity contribution in [1.82, 2.24) is 0 Å². The summed E-state index contributed by atoms with van der Waals surface area (Å²) in [4.78, 5) is 37.7. The third-order valence-electron chi connectivity index (χ3n) is 16.8. The van der Waals surface area contributed by atoms with Gasteiger partial charge in [0, 0.05) is 12.8 Å². The van der Waals surface area contributed by atoms with Crippen LogP contribution in [0.4, 0.5) is 0 Å². The number of aliphatic carboxylic acids is 1. The minimum absolute atomic E-state index is 0.179. The van der Waals surface area contributed by atoms with Crippen molar-refractivity contribution in [1.29, 1.82) is 0 Å². The molecule has 2 atom stereocenters. The maximum atomic E-state index is 13.0. The van der Waals surface area contributed by atoms with Gasteiger partial charge >= 0.3 is 17.9 Å². The number of hydrogen-bond donors (Lipinski definition) is 1. The summed E-state index contributed by atoms with van der Waals surface area (Å²) < 4.78 is 23.0. The van der Waals surface area contributed by atoms with Gasteiger partial charge in [0.25, 0.3) is 6.29 Å². The Bertz CT molecular complexity index is 2160. The summed E-state index contributed by atoms with van der Waals surface area (Å²) in [6, 6.07) is 0. The molecule has 0 rings (SSSR count). The molecule has 0 aromatic rings. The molecule has 1 N–H and O–H groups in total. The Labute approximate surface area is 597 Å². The highest BCUT2D eigenvalue weighted by Crippen LogP contribution is 2.18. The fraction of sp³-hybridized carbons (Fsp3) is 0.670. The Morgan fingerprint density at radius 2 is 0.557 bits per heavy atom. The molecule has 0 aliphatic rings. The van der Waals surface area contributed by atoms with Crippen LogP contribution in [0.25, 0.3) is 0 Å². The number of nitrogens with zero attached hydrogens (tertiary/aromatic N) is 1. The fourth-order valence-corrected chi connectivity index (χ4v) is 10.8. The number of hydrogen-bond acceptors (Lipinski definition) is 7. The highest BCUT2D eigenvalue weighted by molar-refractivity contribution is 5.71. The van der Waals surface area contributed by atoms with Crippen LogP contribution in [0.15, 0.2) is 158 Å². The Morgan fingerprint density at radius 1 is 0.309 bits per heavy atom. The number of rotatable bonds is 72. The number of ether oxygens (including phenoxy) is 4. The summed E-state index contributed by atoms with van der Waals surface area (Å²) in [6.45, 7) is 4.65. The lowest BCUT2D eigenvalue weighted by molar-refractivity contribution is -0.870. The van der Waals surface area contributed by atoms with Gasteiger partial charge in [-0.1, -0.05) is 345 Å². The molecule has 0 fully saturated rings. The zero-order valence-corrected chi connectivity index (χ0v) is 63.2. The first-order chi connectivity index (χ1) is 47.6. The van der Waals surface area contributed by atoms with Gasteiger partial charge in [-0.15, -0.1) is 0 Å². The third kappa shape index (κ3) is 78.1. The first kappa shape index (κ1) is 91.9. The lowest BCUT2D eigenvalue weighted by Crippen LogP contribution is -2.40. The van der Waals surface area contributed by atoms with E-state index < -0.39 is 24.3 Å². The first-order valence-corrected chi connectivity index (χ1v) is 39.6. The van der Waals surface area contributed by atoms with Crippen LogP contribution in [-0.4, -0.2) is 87.4 Å². The number of likely N-dealkylation sites (N-methyl/N-ethyl adjacent to an activating group) is 1. The van der Waals surface area contributed by atoms with E-state index in [1.807, 2.05) is 21.1 Å². The van der Waals surface area contributed by atoms with Gasteiger partial charge in [0.05, 0.1) is 34.4 Å². The number of allylic oxidation sites excluding steroid dienone is 26. The lowest BCUT2D eigenvalue weighted by atomic mass is 10.0. The van der Waals surface area contributed by atoms with Gasteiger partial charge in [0.2, 0.25) is 0 Å². The second-order valence-corrected chi connectivity index (χ2v) is 27.3. The van der Waals surface area contributed by atoms with Crippen molar-refractivity contribution in [3.8, 4) is 0 Å². The second kappa shape index (κ2) is 76.7. The zero-order valence-electron chi connectivity index (χ0n) is 63.2. The molecule has 0 saturated heterocycles. The SMILES string of the molecule is CC/C=C\C/C=C\C/C=C\C/C=C\C/C=C\C/C=C\C/C=C\C/C=C\C/C=C\CCCCCCCCCC(=O)OC(COC(=O)CCCCCCCCCCCCCCCCCCCCCCCCCC/C=C\C/C=C\C/C=C\C/C=C\CC)COC(OCC[N+](C)(C)C)C(=O)O. The van der Waals surface area contributed by atoms with E-state index in [4.69, 9.17) is 18.9 Å². The third-order valence-corrected chi connectivity index (χ3v) is 16.8. The molecule has 0 aliphatic carbocycles. The Kier molecular flexibility index (Phi) is 72.6. The molecule has 0 aromatic carbocycles. The Hall–Kier alpha value is -5.09. The lowest BCUT2D eigenvalue weighted by Gasteiger charge is -2.25. The van der Waals surface area contributed by atoms with Crippen molar-refractivity contribution in [3.63, 3.8) is 0 Å². The normalized spacial score (nSPS) is 13.5. The van der Waals surface area contributed by atoms with Crippen LogP contribution in [0.1, 0.15) is 322 Å². The van der Waals surface area contributed by atoms with E-state index in [2.05, 4.69) is 172 Å². The predicted molar refractivity (Wildman–Crippen MR) is 419 cm³/mol. The molecule has 2 unspecified atom stereocenters.